The fraction of sp³-hybridized carbons (Fsp3) is 0.318. The van der Waals surface area contributed by atoms with Gasteiger partial charge in [0.25, 0.3) is 0 Å². The van der Waals surface area contributed by atoms with Crippen LogP contribution < -0.4 is 10.0 Å². The minimum atomic E-state index is -4.04. The van der Waals surface area contributed by atoms with Gasteiger partial charge in [-0.1, -0.05) is 12.1 Å². The number of carbonyl (C=O) groups is 2. The topological polar surface area (TPSA) is 135 Å². The molecule has 2 aromatic carbocycles. The smallest absolute Gasteiger partial charge is 0.412 e. The molecule has 1 amide bonds. The number of ether oxygens (including phenoxy) is 2. The molecule has 0 heterocycles. The van der Waals surface area contributed by atoms with Crippen molar-refractivity contribution in [3.63, 3.8) is 0 Å². The van der Waals surface area contributed by atoms with Gasteiger partial charge >= 0.3 is 12.1 Å². The lowest BCUT2D eigenvalue weighted by atomic mass is 10.1. The lowest BCUT2D eigenvalue weighted by molar-refractivity contribution is 0.0598. The van der Waals surface area contributed by atoms with Crippen molar-refractivity contribution in [1.29, 1.82) is 5.26 Å². The number of benzene rings is 2. The number of nitriles is 1. The molecule has 0 aliphatic carbocycles. The van der Waals surface area contributed by atoms with Gasteiger partial charge in [-0.3, -0.25) is 10.0 Å². The molecule has 170 valence electrons. The first-order valence-corrected chi connectivity index (χ1v) is 11.1. The molecular formula is C22H25N3O6S. The molecule has 32 heavy (non-hydrogen) atoms. The summed E-state index contributed by atoms with van der Waals surface area (Å²) in [5, 5.41) is 10.6. The minimum Gasteiger partial charge on any atom is -0.465 e. The molecule has 0 fully saturated rings. The third-order valence-corrected chi connectivity index (χ3v) is 5.99. The Morgan fingerprint density at radius 2 is 1.78 bits per heavy atom. The molecule has 1 atom stereocenters. The fourth-order valence-corrected chi connectivity index (χ4v) is 3.84. The Hall–Kier alpha value is -3.58. The standard InChI is InChI=1S/C22H25N3O6S/c1-14(16-7-6-8-17(12-16)20(26)30-5)32(28,29)25-19-11-15(13-23)9-10-18(19)24-21(27)31-22(2,3)4/h6-12,14,25H,1-5H3,(H,24,27). The predicted octanol–water partition coefficient (Wildman–Crippen LogP) is 4.19. The van der Waals surface area contributed by atoms with Crippen molar-refractivity contribution in [2.24, 2.45) is 0 Å². The summed E-state index contributed by atoms with van der Waals surface area (Å²) in [6.45, 7) is 6.53. The fourth-order valence-electron chi connectivity index (χ4n) is 2.68. The first-order valence-electron chi connectivity index (χ1n) is 9.60. The third kappa shape index (κ3) is 6.46. The van der Waals surface area contributed by atoms with Crippen molar-refractivity contribution in [2.45, 2.75) is 38.5 Å². The van der Waals surface area contributed by atoms with Gasteiger partial charge in [0.2, 0.25) is 10.0 Å². The average Bonchev–Trinajstić information content (AvgIpc) is 2.72. The maximum Gasteiger partial charge on any atom is 0.412 e. The second-order valence-corrected chi connectivity index (χ2v) is 9.91. The molecule has 2 aromatic rings. The van der Waals surface area contributed by atoms with E-state index >= 15 is 0 Å². The number of amides is 1. The number of sulfonamides is 1. The summed E-state index contributed by atoms with van der Waals surface area (Å²) in [5.41, 5.74) is 0.139. The Bertz CT molecular complexity index is 1160. The van der Waals surface area contributed by atoms with Crippen LogP contribution in [0.25, 0.3) is 0 Å². The monoisotopic (exact) mass is 459 g/mol. The van der Waals surface area contributed by atoms with E-state index in [1.807, 2.05) is 6.07 Å². The molecule has 0 radical (unpaired) electrons. The molecular weight excluding hydrogens is 434 g/mol. The van der Waals surface area contributed by atoms with E-state index < -0.39 is 32.9 Å². The first kappa shape index (κ1) is 24.7. The zero-order valence-corrected chi connectivity index (χ0v) is 19.2. The first-order chi connectivity index (χ1) is 14.9. The van der Waals surface area contributed by atoms with Crippen LogP contribution in [0.4, 0.5) is 16.2 Å². The number of hydrogen-bond acceptors (Lipinski definition) is 7. The quantitative estimate of drug-likeness (QED) is 0.618. The molecule has 2 rings (SSSR count). The van der Waals surface area contributed by atoms with Crippen LogP contribution in [0.15, 0.2) is 42.5 Å². The maximum atomic E-state index is 13.1. The summed E-state index contributed by atoms with van der Waals surface area (Å²) in [6.07, 6.45) is -0.776. The van der Waals surface area contributed by atoms with Crippen LogP contribution in [-0.2, 0) is 19.5 Å². The lowest BCUT2D eigenvalue weighted by Crippen LogP contribution is -2.28. The Labute approximate surface area is 187 Å². The average molecular weight is 460 g/mol. The van der Waals surface area contributed by atoms with Crippen LogP contribution in [-0.4, -0.2) is 33.2 Å². The molecule has 0 aliphatic rings. The number of nitrogens with one attached hydrogen (secondary N) is 2. The van der Waals surface area contributed by atoms with E-state index in [0.29, 0.717) is 5.56 Å². The number of hydrogen-bond donors (Lipinski definition) is 2. The van der Waals surface area contributed by atoms with Crippen molar-refractivity contribution >= 4 is 33.5 Å². The number of carbonyl (C=O) groups excluding carboxylic acids is 2. The third-order valence-electron chi connectivity index (χ3n) is 4.28. The van der Waals surface area contributed by atoms with Gasteiger partial charge in [-0.2, -0.15) is 5.26 Å². The van der Waals surface area contributed by atoms with Gasteiger partial charge in [0.1, 0.15) is 10.9 Å². The van der Waals surface area contributed by atoms with E-state index in [0.717, 1.165) is 0 Å². The Morgan fingerprint density at radius 1 is 1.09 bits per heavy atom. The molecule has 0 aromatic heterocycles. The minimum absolute atomic E-state index is 0.00545. The van der Waals surface area contributed by atoms with Crippen LogP contribution in [0.5, 0.6) is 0 Å². The van der Waals surface area contributed by atoms with Gasteiger partial charge in [0.15, 0.2) is 0 Å². The highest BCUT2D eigenvalue weighted by Crippen LogP contribution is 2.30. The van der Waals surface area contributed by atoms with Crippen LogP contribution in [0, 0.1) is 11.3 Å². The summed E-state index contributed by atoms with van der Waals surface area (Å²) in [6, 6.07) is 12.2. The zero-order valence-electron chi connectivity index (χ0n) is 18.4. The van der Waals surface area contributed by atoms with Crippen LogP contribution in [0.2, 0.25) is 0 Å². The van der Waals surface area contributed by atoms with E-state index in [1.54, 1.807) is 32.9 Å². The van der Waals surface area contributed by atoms with E-state index in [1.165, 1.54) is 44.4 Å². The van der Waals surface area contributed by atoms with E-state index in [9.17, 15) is 23.3 Å². The number of nitrogens with zero attached hydrogens (tertiary/aromatic N) is 1. The zero-order chi connectivity index (χ0) is 24.1. The maximum absolute atomic E-state index is 13.1. The summed E-state index contributed by atoms with van der Waals surface area (Å²) in [5.74, 6) is -0.588. The van der Waals surface area contributed by atoms with Crippen LogP contribution in [0.1, 0.15) is 54.4 Å². The van der Waals surface area contributed by atoms with Crippen molar-refractivity contribution < 1.29 is 27.5 Å². The largest absolute Gasteiger partial charge is 0.465 e. The number of anilines is 2. The molecule has 1 unspecified atom stereocenters. The molecule has 2 N–H and O–H groups in total. The highest BCUT2D eigenvalue weighted by molar-refractivity contribution is 7.92. The van der Waals surface area contributed by atoms with Crippen molar-refractivity contribution in [1.82, 2.24) is 0 Å². The summed E-state index contributed by atoms with van der Waals surface area (Å²) >= 11 is 0. The molecule has 0 saturated heterocycles. The van der Waals surface area contributed by atoms with Crippen molar-refractivity contribution in [3.8, 4) is 6.07 Å². The number of esters is 1. The van der Waals surface area contributed by atoms with Crippen LogP contribution >= 0.6 is 0 Å². The van der Waals surface area contributed by atoms with Crippen LogP contribution in [0.3, 0.4) is 0 Å². The second kappa shape index (κ2) is 9.70. The molecule has 0 bridgehead atoms. The normalized spacial score (nSPS) is 12.2. The predicted molar refractivity (Wildman–Crippen MR) is 120 cm³/mol. The van der Waals surface area contributed by atoms with Gasteiger partial charge < -0.3 is 9.47 Å². The van der Waals surface area contributed by atoms with E-state index in [-0.39, 0.29) is 22.5 Å². The summed E-state index contributed by atoms with van der Waals surface area (Å²) in [4.78, 5) is 23.9. The Morgan fingerprint density at radius 3 is 2.38 bits per heavy atom. The summed E-state index contributed by atoms with van der Waals surface area (Å²) in [7, 11) is -2.80. The lowest BCUT2D eigenvalue weighted by Gasteiger charge is -2.21. The number of methoxy groups -OCH3 is 1. The molecule has 9 nitrogen and oxygen atoms in total. The highest BCUT2D eigenvalue weighted by atomic mass is 32.2. The van der Waals surface area contributed by atoms with Gasteiger partial charge in [0, 0.05) is 0 Å². The SMILES string of the molecule is COC(=O)c1cccc(C(C)S(=O)(=O)Nc2cc(C#N)ccc2NC(=O)OC(C)(C)C)c1. The molecule has 0 aliphatic heterocycles. The van der Waals surface area contributed by atoms with E-state index in [2.05, 4.69) is 14.8 Å². The van der Waals surface area contributed by atoms with E-state index in [4.69, 9.17) is 4.74 Å². The van der Waals surface area contributed by atoms with Gasteiger partial charge in [0.05, 0.1) is 35.7 Å². The van der Waals surface area contributed by atoms with Gasteiger partial charge in [-0.05, 0) is 63.6 Å². The Kier molecular flexibility index (Phi) is 7.48. The highest BCUT2D eigenvalue weighted by Gasteiger charge is 2.25. The summed E-state index contributed by atoms with van der Waals surface area (Å²) < 4.78 is 38.4. The molecule has 0 spiro atoms. The molecule has 0 saturated carbocycles. The molecule has 10 heteroatoms. The van der Waals surface area contributed by atoms with Crippen molar-refractivity contribution in [2.75, 3.05) is 17.1 Å². The van der Waals surface area contributed by atoms with Gasteiger partial charge in [-0.15, -0.1) is 0 Å². The van der Waals surface area contributed by atoms with Gasteiger partial charge in [-0.25, -0.2) is 18.0 Å². The second-order valence-electron chi connectivity index (χ2n) is 7.91. The Balaban J connectivity index is 2.36. The van der Waals surface area contributed by atoms with Crippen molar-refractivity contribution in [3.05, 3.63) is 59.2 Å². The number of rotatable bonds is 6.